The second kappa shape index (κ2) is 8.75. The van der Waals surface area contributed by atoms with Crippen molar-refractivity contribution in [1.82, 2.24) is 4.40 Å². The summed E-state index contributed by atoms with van der Waals surface area (Å²) in [6.07, 6.45) is 1.78. The van der Waals surface area contributed by atoms with Crippen molar-refractivity contribution in [3.63, 3.8) is 0 Å². The van der Waals surface area contributed by atoms with Crippen LogP contribution >= 0.6 is 0 Å². The molecule has 0 aliphatic rings. The summed E-state index contributed by atoms with van der Waals surface area (Å²) in [6, 6.07) is 21.9. The lowest BCUT2D eigenvalue weighted by molar-refractivity contribution is -0.112. The molecule has 0 aliphatic carbocycles. The van der Waals surface area contributed by atoms with E-state index in [1.807, 2.05) is 55.5 Å². The van der Waals surface area contributed by atoms with Gasteiger partial charge in [-0.05, 0) is 55.0 Å². The maximum atomic E-state index is 13.3. The average molecular weight is 414 g/mol. The van der Waals surface area contributed by atoms with Gasteiger partial charge in [-0.25, -0.2) is 0 Å². The van der Waals surface area contributed by atoms with Crippen molar-refractivity contribution in [1.29, 1.82) is 0 Å². The van der Waals surface area contributed by atoms with Crippen LogP contribution in [-0.2, 0) is 4.79 Å². The van der Waals surface area contributed by atoms with Gasteiger partial charge in [0.1, 0.15) is 17.2 Å². The van der Waals surface area contributed by atoms with Crippen molar-refractivity contribution in [2.45, 2.75) is 6.92 Å². The molecule has 2 aromatic heterocycles. The summed E-state index contributed by atoms with van der Waals surface area (Å²) in [4.78, 5) is 26.1. The predicted octanol–water partition coefficient (Wildman–Crippen LogP) is 4.84. The Morgan fingerprint density at radius 3 is 2.48 bits per heavy atom. The van der Waals surface area contributed by atoms with Crippen LogP contribution in [0.1, 0.15) is 17.4 Å². The topological polar surface area (TPSA) is 69.0 Å². The first kappa shape index (κ1) is 20.2. The number of ketones is 1. The van der Waals surface area contributed by atoms with E-state index in [0.29, 0.717) is 29.3 Å². The number of nitrogens with one attached hydrogen (secondary N) is 1. The van der Waals surface area contributed by atoms with Crippen molar-refractivity contribution < 1.29 is 19.1 Å². The molecule has 0 bridgehead atoms. The maximum Gasteiger partial charge on any atom is 0.298 e. The highest BCUT2D eigenvalue weighted by Crippen LogP contribution is 2.30. The lowest BCUT2D eigenvalue weighted by Gasteiger charge is -2.09. The van der Waals surface area contributed by atoms with Gasteiger partial charge in [0.15, 0.2) is 0 Å². The highest BCUT2D eigenvalue weighted by Gasteiger charge is 2.25. The van der Waals surface area contributed by atoms with Crippen molar-refractivity contribution in [3.05, 3.63) is 84.7 Å². The van der Waals surface area contributed by atoms with E-state index in [-0.39, 0.29) is 0 Å². The molecule has 0 radical (unpaired) electrons. The van der Waals surface area contributed by atoms with E-state index in [1.54, 1.807) is 42.0 Å². The molecule has 1 amide bonds. The molecule has 0 saturated carbocycles. The number of amides is 1. The molecule has 6 nitrogen and oxygen atoms in total. The number of hydrogen-bond acceptors (Lipinski definition) is 4. The number of hydrogen-bond donors (Lipinski definition) is 1. The molecule has 0 spiro atoms. The first-order chi connectivity index (χ1) is 15.1. The molecule has 2 heterocycles. The first-order valence-electron chi connectivity index (χ1n) is 9.93. The fourth-order valence-electron chi connectivity index (χ4n) is 3.47. The van der Waals surface area contributed by atoms with Gasteiger partial charge < -0.3 is 19.2 Å². The Kier molecular flexibility index (Phi) is 5.71. The van der Waals surface area contributed by atoms with Gasteiger partial charge >= 0.3 is 0 Å². The van der Waals surface area contributed by atoms with Crippen LogP contribution in [-0.4, -0.2) is 29.8 Å². The molecule has 1 N–H and O–H groups in total. The van der Waals surface area contributed by atoms with Crippen LogP contribution in [0.4, 0.5) is 5.69 Å². The summed E-state index contributed by atoms with van der Waals surface area (Å²) in [5, 5.41) is 2.67. The normalized spacial score (nSPS) is 10.6. The van der Waals surface area contributed by atoms with Gasteiger partial charge in [0.2, 0.25) is 0 Å². The number of aromatic nitrogens is 1. The number of anilines is 1. The molecule has 4 aromatic rings. The van der Waals surface area contributed by atoms with Crippen LogP contribution in [0.5, 0.6) is 11.5 Å². The predicted molar refractivity (Wildman–Crippen MR) is 120 cm³/mol. The van der Waals surface area contributed by atoms with Crippen molar-refractivity contribution in [2.24, 2.45) is 0 Å². The molecule has 0 saturated heterocycles. The second-order valence-corrected chi connectivity index (χ2v) is 6.87. The zero-order valence-corrected chi connectivity index (χ0v) is 17.3. The van der Waals surface area contributed by atoms with Crippen LogP contribution in [0.2, 0.25) is 0 Å². The van der Waals surface area contributed by atoms with E-state index in [2.05, 4.69) is 5.32 Å². The van der Waals surface area contributed by atoms with Gasteiger partial charge in [-0.15, -0.1) is 0 Å². The Labute approximate surface area is 180 Å². The standard InChI is InChI=1S/C25H22N2O4/c1-3-31-20-12-10-17(11-13-20)22-16-19-8-4-5-14-27(19)23(22)24(28)25(29)26-18-7-6-9-21(15-18)30-2/h4-16H,3H2,1-2H3,(H,26,29). The average Bonchev–Trinajstić information content (AvgIpc) is 3.19. The summed E-state index contributed by atoms with van der Waals surface area (Å²) < 4.78 is 12.4. The number of Topliss-reactive ketones (excluding diaryl/α,β-unsaturated/α-hetero) is 1. The van der Waals surface area contributed by atoms with Gasteiger partial charge in [0.05, 0.1) is 13.7 Å². The van der Waals surface area contributed by atoms with Gasteiger partial charge in [0.25, 0.3) is 11.7 Å². The summed E-state index contributed by atoms with van der Waals surface area (Å²) in [5.41, 5.74) is 3.12. The number of fused-ring (bicyclic) bond motifs is 1. The summed E-state index contributed by atoms with van der Waals surface area (Å²) in [7, 11) is 1.54. The fraction of sp³-hybridized carbons (Fsp3) is 0.120. The summed E-state index contributed by atoms with van der Waals surface area (Å²) in [5.74, 6) is -0.00526. The van der Waals surface area contributed by atoms with Gasteiger partial charge in [-0.3, -0.25) is 9.59 Å². The number of ether oxygens (including phenoxy) is 2. The molecule has 2 aromatic carbocycles. The van der Waals surface area contributed by atoms with Crippen molar-refractivity contribution in [3.8, 4) is 22.6 Å². The van der Waals surface area contributed by atoms with Gasteiger partial charge in [-0.1, -0.05) is 24.3 Å². The molecule has 0 fully saturated rings. The van der Waals surface area contributed by atoms with E-state index in [1.165, 1.54) is 0 Å². The number of methoxy groups -OCH3 is 1. The molecular formula is C25H22N2O4. The quantitative estimate of drug-likeness (QED) is 0.347. The number of carbonyl (C=O) groups excluding carboxylic acids is 2. The van der Waals surface area contributed by atoms with Gasteiger partial charge in [0, 0.05) is 29.0 Å². The van der Waals surface area contributed by atoms with E-state index in [0.717, 1.165) is 16.8 Å². The highest BCUT2D eigenvalue weighted by molar-refractivity contribution is 6.47. The molecule has 0 aliphatic heterocycles. The van der Waals surface area contributed by atoms with Crippen LogP contribution < -0.4 is 14.8 Å². The lowest BCUT2D eigenvalue weighted by Crippen LogP contribution is -2.24. The number of nitrogens with zero attached hydrogens (tertiary/aromatic N) is 1. The molecule has 6 heteroatoms. The fourth-order valence-corrected chi connectivity index (χ4v) is 3.47. The van der Waals surface area contributed by atoms with Gasteiger partial charge in [-0.2, -0.15) is 0 Å². The van der Waals surface area contributed by atoms with Crippen LogP contribution in [0.25, 0.3) is 16.6 Å². The zero-order chi connectivity index (χ0) is 21.8. The van der Waals surface area contributed by atoms with E-state index < -0.39 is 11.7 Å². The number of carbonyl (C=O) groups is 2. The number of benzene rings is 2. The Hall–Kier alpha value is -4.06. The molecule has 4 rings (SSSR count). The van der Waals surface area contributed by atoms with Crippen molar-refractivity contribution in [2.75, 3.05) is 19.0 Å². The molecule has 0 atom stereocenters. The highest BCUT2D eigenvalue weighted by atomic mass is 16.5. The number of rotatable bonds is 7. The summed E-state index contributed by atoms with van der Waals surface area (Å²) in [6.45, 7) is 2.50. The third kappa shape index (κ3) is 4.14. The Bertz CT molecular complexity index is 1240. The van der Waals surface area contributed by atoms with E-state index >= 15 is 0 Å². The number of pyridine rings is 1. The minimum Gasteiger partial charge on any atom is -0.497 e. The monoisotopic (exact) mass is 414 g/mol. The molecule has 156 valence electrons. The second-order valence-electron chi connectivity index (χ2n) is 6.87. The lowest BCUT2D eigenvalue weighted by atomic mass is 10.0. The van der Waals surface area contributed by atoms with Crippen LogP contribution in [0.3, 0.4) is 0 Å². The Morgan fingerprint density at radius 2 is 1.74 bits per heavy atom. The zero-order valence-electron chi connectivity index (χ0n) is 17.3. The van der Waals surface area contributed by atoms with E-state index in [9.17, 15) is 9.59 Å². The molecule has 0 unspecified atom stereocenters. The summed E-state index contributed by atoms with van der Waals surface area (Å²) >= 11 is 0. The largest absolute Gasteiger partial charge is 0.497 e. The van der Waals surface area contributed by atoms with Crippen molar-refractivity contribution >= 4 is 22.9 Å². The maximum absolute atomic E-state index is 13.3. The third-order valence-corrected chi connectivity index (χ3v) is 4.90. The molecule has 31 heavy (non-hydrogen) atoms. The van der Waals surface area contributed by atoms with Crippen LogP contribution in [0.15, 0.2) is 79.0 Å². The SMILES string of the molecule is CCOc1ccc(-c2cc3ccccn3c2C(=O)C(=O)Nc2cccc(OC)c2)cc1. The third-order valence-electron chi connectivity index (χ3n) is 4.90. The minimum absolute atomic E-state index is 0.306. The smallest absolute Gasteiger partial charge is 0.298 e. The Balaban J connectivity index is 1.72. The van der Waals surface area contributed by atoms with Crippen LogP contribution in [0, 0.1) is 0 Å². The minimum atomic E-state index is -0.718. The first-order valence-corrected chi connectivity index (χ1v) is 9.93. The molecular weight excluding hydrogens is 392 g/mol. The Morgan fingerprint density at radius 1 is 0.935 bits per heavy atom. The van der Waals surface area contributed by atoms with E-state index in [4.69, 9.17) is 9.47 Å².